The second-order valence-electron chi connectivity index (χ2n) is 5.37. The van der Waals surface area contributed by atoms with Gasteiger partial charge in [0.25, 0.3) is 0 Å². The quantitative estimate of drug-likeness (QED) is 0.370. The predicted molar refractivity (Wildman–Crippen MR) is 120 cm³/mol. The van der Waals surface area contributed by atoms with E-state index in [0.29, 0.717) is 10.2 Å². The molecule has 2 aromatic carbocycles. The number of aromatic nitrogens is 1. The van der Waals surface area contributed by atoms with Gasteiger partial charge in [-0.05, 0) is 48.1 Å². The maximum absolute atomic E-state index is 12.0. The van der Waals surface area contributed by atoms with Crippen LogP contribution in [0, 0.1) is 0 Å². The number of carbonyl (C=O) groups is 1. The Morgan fingerprint density at radius 2 is 1.85 bits per heavy atom. The summed E-state index contributed by atoms with van der Waals surface area (Å²) in [4.78, 5) is 16.5. The van der Waals surface area contributed by atoms with Crippen molar-refractivity contribution < 1.29 is 4.79 Å². The highest BCUT2D eigenvalue weighted by Gasteiger charge is 2.07. The molecule has 3 aromatic rings. The Hall–Kier alpha value is -2.06. The molecule has 1 heterocycles. The van der Waals surface area contributed by atoms with E-state index < -0.39 is 0 Å². The fraction of sp³-hybridized carbons (Fsp3) is 0. The number of rotatable bonds is 4. The molecule has 3 rings (SSSR count). The van der Waals surface area contributed by atoms with Crippen molar-refractivity contribution in [3.05, 3.63) is 75.0 Å². The van der Waals surface area contributed by atoms with Crippen molar-refractivity contribution in [2.24, 2.45) is 0 Å². The molecule has 0 aliphatic carbocycles. The molecule has 0 aliphatic heterocycles. The van der Waals surface area contributed by atoms with Crippen LogP contribution in [0.4, 0.5) is 5.13 Å². The summed E-state index contributed by atoms with van der Waals surface area (Å²) in [7, 11) is 0. The number of hydrogen-bond acceptors (Lipinski definition) is 4. The van der Waals surface area contributed by atoms with Gasteiger partial charge in [-0.25, -0.2) is 4.98 Å². The van der Waals surface area contributed by atoms with Gasteiger partial charge in [0.15, 0.2) is 10.2 Å². The van der Waals surface area contributed by atoms with Crippen LogP contribution in [0.25, 0.3) is 17.3 Å². The third-order valence-corrected chi connectivity index (χ3v) is 5.14. The van der Waals surface area contributed by atoms with E-state index in [9.17, 15) is 4.79 Å². The van der Waals surface area contributed by atoms with Gasteiger partial charge in [-0.3, -0.25) is 10.1 Å². The lowest BCUT2D eigenvalue weighted by Crippen LogP contribution is -2.32. The zero-order valence-corrected chi connectivity index (χ0v) is 17.8. The number of thiazole rings is 1. The van der Waals surface area contributed by atoms with E-state index >= 15 is 0 Å². The van der Waals surface area contributed by atoms with E-state index in [2.05, 4.69) is 31.5 Å². The molecule has 136 valence electrons. The smallest absolute Gasteiger partial charge is 0.250 e. The first kappa shape index (κ1) is 19.7. The summed E-state index contributed by atoms with van der Waals surface area (Å²) in [6.07, 6.45) is 3.09. The minimum atomic E-state index is -0.327. The number of thiocarbonyl (C=S) groups is 1. The zero-order valence-electron chi connectivity index (χ0n) is 13.8. The van der Waals surface area contributed by atoms with Crippen molar-refractivity contribution in [1.29, 1.82) is 0 Å². The van der Waals surface area contributed by atoms with Crippen LogP contribution < -0.4 is 10.6 Å². The third-order valence-electron chi connectivity index (χ3n) is 3.40. The first-order valence-corrected chi connectivity index (χ1v) is 10.2. The predicted octanol–water partition coefficient (Wildman–Crippen LogP) is 5.75. The van der Waals surface area contributed by atoms with Crippen molar-refractivity contribution >= 4 is 73.3 Å². The van der Waals surface area contributed by atoms with Crippen LogP contribution in [0.2, 0.25) is 5.02 Å². The second kappa shape index (κ2) is 9.23. The largest absolute Gasteiger partial charge is 0.308 e. The molecule has 0 spiro atoms. The molecule has 1 amide bonds. The van der Waals surface area contributed by atoms with Crippen molar-refractivity contribution in [3.63, 3.8) is 0 Å². The molecule has 1 aromatic heterocycles. The summed E-state index contributed by atoms with van der Waals surface area (Å²) in [5.74, 6) is -0.327. The van der Waals surface area contributed by atoms with Crippen molar-refractivity contribution in [1.82, 2.24) is 10.3 Å². The molecule has 0 unspecified atom stereocenters. The average molecular weight is 479 g/mol. The number of hydrogen-bond donors (Lipinski definition) is 2. The molecule has 27 heavy (non-hydrogen) atoms. The average Bonchev–Trinajstić information content (AvgIpc) is 3.10. The summed E-state index contributed by atoms with van der Waals surface area (Å²) in [5.41, 5.74) is 2.71. The van der Waals surface area contributed by atoms with Crippen LogP contribution in [-0.2, 0) is 4.79 Å². The molecular formula is C19H13BrClN3OS2. The Balaban J connectivity index is 1.55. The van der Waals surface area contributed by atoms with Gasteiger partial charge >= 0.3 is 0 Å². The minimum absolute atomic E-state index is 0.192. The fourth-order valence-electron chi connectivity index (χ4n) is 2.11. The van der Waals surface area contributed by atoms with Gasteiger partial charge in [0.05, 0.1) is 5.69 Å². The Bertz CT molecular complexity index is 985. The molecule has 4 nitrogen and oxygen atoms in total. The molecule has 0 fully saturated rings. The first-order valence-electron chi connectivity index (χ1n) is 7.77. The van der Waals surface area contributed by atoms with E-state index in [4.69, 9.17) is 23.8 Å². The van der Waals surface area contributed by atoms with Gasteiger partial charge in [0.1, 0.15) is 0 Å². The van der Waals surface area contributed by atoms with E-state index in [1.54, 1.807) is 18.2 Å². The third kappa shape index (κ3) is 5.97. The molecule has 0 radical (unpaired) electrons. The summed E-state index contributed by atoms with van der Waals surface area (Å²) < 4.78 is 1.01. The van der Waals surface area contributed by atoms with Crippen LogP contribution in [0.5, 0.6) is 0 Å². The number of halogens is 2. The van der Waals surface area contributed by atoms with Gasteiger partial charge in [-0.1, -0.05) is 51.8 Å². The summed E-state index contributed by atoms with van der Waals surface area (Å²) >= 11 is 15.8. The van der Waals surface area contributed by atoms with Crippen LogP contribution in [-0.4, -0.2) is 16.0 Å². The maximum atomic E-state index is 12.0. The Labute approximate surface area is 179 Å². The number of benzene rings is 2. The Morgan fingerprint density at radius 3 is 2.56 bits per heavy atom. The maximum Gasteiger partial charge on any atom is 0.250 e. The lowest BCUT2D eigenvalue weighted by atomic mass is 10.2. The molecular weight excluding hydrogens is 466 g/mol. The van der Waals surface area contributed by atoms with Gasteiger partial charge in [-0.2, -0.15) is 0 Å². The van der Waals surface area contributed by atoms with Crippen LogP contribution in [0.1, 0.15) is 5.56 Å². The standard InChI is InChI=1S/C19H13BrClN3OS2/c20-14-6-4-13(5-7-14)16-11-27-19(22-16)24-18(26)23-17(25)10-3-12-1-8-15(21)9-2-12/h1-11H,(H2,22,23,24,25,26). The fourth-order valence-corrected chi connectivity index (χ4v) is 3.49. The normalized spacial score (nSPS) is 10.7. The number of carbonyl (C=O) groups excluding carboxylic acids is 1. The van der Waals surface area contributed by atoms with E-state index in [-0.39, 0.29) is 11.0 Å². The minimum Gasteiger partial charge on any atom is -0.308 e. The van der Waals surface area contributed by atoms with Gasteiger partial charge in [0.2, 0.25) is 5.91 Å². The monoisotopic (exact) mass is 477 g/mol. The van der Waals surface area contributed by atoms with Crippen molar-refractivity contribution in [2.45, 2.75) is 0 Å². The number of nitrogens with one attached hydrogen (secondary N) is 2. The van der Waals surface area contributed by atoms with Crippen LogP contribution >= 0.6 is 51.1 Å². The molecule has 0 saturated heterocycles. The SMILES string of the molecule is O=C(C=Cc1ccc(Cl)cc1)NC(=S)Nc1nc(-c2ccc(Br)cc2)cs1. The van der Waals surface area contributed by atoms with E-state index in [1.165, 1.54) is 17.4 Å². The highest BCUT2D eigenvalue weighted by atomic mass is 79.9. The Morgan fingerprint density at radius 1 is 1.15 bits per heavy atom. The number of amides is 1. The molecule has 2 N–H and O–H groups in total. The highest BCUT2D eigenvalue weighted by molar-refractivity contribution is 9.10. The summed E-state index contributed by atoms with van der Waals surface area (Å²) in [5, 5.41) is 8.90. The van der Waals surface area contributed by atoms with E-state index in [1.807, 2.05) is 41.8 Å². The molecule has 0 atom stereocenters. The van der Waals surface area contributed by atoms with Gasteiger partial charge < -0.3 is 5.32 Å². The van der Waals surface area contributed by atoms with Crippen molar-refractivity contribution in [2.75, 3.05) is 5.32 Å². The molecule has 0 aliphatic rings. The van der Waals surface area contributed by atoms with Crippen molar-refractivity contribution in [3.8, 4) is 11.3 Å². The first-order chi connectivity index (χ1) is 13.0. The second-order valence-corrected chi connectivity index (χ2v) is 7.99. The lowest BCUT2D eigenvalue weighted by molar-refractivity contribution is -0.115. The molecule has 8 heteroatoms. The zero-order chi connectivity index (χ0) is 19.2. The molecule has 0 saturated carbocycles. The molecule has 0 bridgehead atoms. The number of anilines is 1. The van der Waals surface area contributed by atoms with Gasteiger partial charge in [-0.15, -0.1) is 11.3 Å². The van der Waals surface area contributed by atoms with E-state index in [0.717, 1.165) is 21.3 Å². The highest BCUT2D eigenvalue weighted by Crippen LogP contribution is 2.26. The summed E-state index contributed by atoms with van der Waals surface area (Å²) in [6.45, 7) is 0. The number of nitrogens with zero attached hydrogens (tertiary/aromatic N) is 1. The Kier molecular flexibility index (Phi) is 6.73. The van der Waals surface area contributed by atoms with Gasteiger partial charge in [0, 0.05) is 26.5 Å². The van der Waals surface area contributed by atoms with Crippen LogP contribution in [0.3, 0.4) is 0 Å². The van der Waals surface area contributed by atoms with Crippen LogP contribution in [0.15, 0.2) is 64.5 Å². The topological polar surface area (TPSA) is 54.0 Å². The lowest BCUT2D eigenvalue weighted by Gasteiger charge is -2.04. The summed E-state index contributed by atoms with van der Waals surface area (Å²) in [6, 6.07) is 15.0.